The molecule has 1 heterocycles. The topological polar surface area (TPSA) is 46.3 Å². The highest BCUT2D eigenvalue weighted by Crippen LogP contribution is 2.31. The highest BCUT2D eigenvalue weighted by atomic mass is 32.2. The summed E-state index contributed by atoms with van der Waals surface area (Å²) in [6.07, 6.45) is 3.73. The van der Waals surface area contributed by atoms with Gasteiger partial charge in [0.2, 0.25) is 0 Å². The number of anilines is 2. The molecule has 0 fully saturated rings. The zero-order valence-corrected chi connectivity index (χ0v) is 9.01. The lowest BCUT2D eigenvalue weighted by molar-refractivity contribution is 0.677. The maximum Gasteiger partial charge on any atom is 0.116 e. The average molecular weight is 210 g/mol. The van der Waals surface area contributed by atoms with Crippen molar-refractivity contribution in [2.75, 3.05) is 22.8 Å². The summed E-state index contributed by atoms with van der Waals surface area (Å²) in [5.41, 5.74) is 8.88. The van der Waals surface area contributed by atoms with Crippen LogP contribution < -0.4 is 10.0 Å². The van der Waals surface area contributed by atoms with Gasteiger partial charge in [-0.3, -0.25) is 4.31 Å². The molecule has 0 spiro atoms. The lowest BCUT2D eigenvalue weighted by Gasteiger charge is -2.29. The van der Waals surface area contributed by atoms with Gasteiger partial charge >= 0.3 is 0 Å². The number of benzene rings is 1. The molecule has 0 aromatic heterocycles. The van der Waals surface area contributed by atoms with Crippen LogP contribution in [0.25, 0.3) is 0 Å². The third-order valence-corrected chi connectivity index (χ3v) is 3.55. The van der Waals surface area contributed by atoms with Crippen LogP contribution in [-0.2, 0) is 17.4 Å². The lowest BCUT2D eigenvalue weighted by atomic mass is 10.0. The van der Waals surface area contributed by atoms with E-state index in [2.05, 4.69) is 0 Å². The molecular formula is C10H14N2OS. The van der Waals surface area contributed by atoms with Gasteiger partial charge in [0.1, 0.15) is 11.0 Å². The Morgan fingerprint density at radius 3 is 3.00 bits per heavy atom. The van der Waals surface area contributed by atoms with Crippen LogP contribution in [0.4, 0.5) is 11.4 Å². The van der Waals surface area contributed by atoms with Crippen molar-refractivity contribution in [3.63, 3.8) is 0 Å². The van der Waals surface area contributed by atoms with Crippen molar-refractivity contribution in [1.29, 1.82) is 0 Å². The maximum atomic E-state index is 11.5. The van der Waals surface area contributed by atoms with E-state index in [1.807, 2.05) is 22.5 Å². The Kier molecular flexibility index (Phi) is 2.46. The predicted molar refractivity (Wildman–Crippen MR) is 60.6 cm³/mol. The second-order valence-corrected chi connectivity index (χ2v) is 4.76. The van der Waals surface area contributed by atoms with Crippen LogP contribution in [0.3, 0.4) is 0 Å². The predicted octanol–water partition coefficient (Wildman–Crippen LogP) is 1.31. The number of fused-ring (bicyclic) bond motifs is 1. The molecule has 14 heavy (non-hydrogen) atoms. The molecule has 0 saturated carbocycles. The first-order chi connectivity index (χ1) is 6.70. The minimum Gasteiger partial charge on any atom is -0.398 e. The second-order valence-electron chi connectivity index (χ2n) is 3.47. The minimum absolute atomic E-state index is 0.817. The Morgan fingerprint density at radius 2 is 2.29 bits per heavy atom. The van der Waals surface area contributed by atoms with Crippen molar-refractivity contribution in [3.05, 3.63) is 23.8 Å². The van der Waals surface area contributed by atoms with Gasteiger partial charge in [-0.15, -0.1) is 0 Å². The van der Waals surface area contributed by atoms with Gasteiger partial charge in [-0.2, -0.15) is 0 Å². The van der Waals surface area contributed by atoms with Gasteiger partial charge < -0.3 is 5.73 Å². The summed E-state index contributed by atoms with van der Waals surface area (Å²) in [7, 11) is -0.944. The Bertz CT molecular complexity index is 378. The fourth-order valence-electron chi connectivity index (χ4n) is 1.89. The van der Waals surface area contributed by atoms with Crippen LogP contribution in [0.5, 0.6) is 0 Å². The number of nitrogens with zero attached hydrogens (tertiary/aromatic N) is 1. The number of nitrogen functional groups attached to an aromatic ring is 1. The molecule has 1 unspecified atom stereocenters. The van der Waals surface area contributed by atoms with Crippen LogP contribution in [0.15, 0.2) is 18.2 Å². The third kappa shape index (κ3) is 1.50. The summed E-state index contributed by atoms with van der Waals surface area (Å²) in [6, 6.07) is 5.81. The van der Waals surface area contributed by atoms with E-state index in [1.165, 1.54) is 0 Å². The summed E-state index contributed by atoms with van der Waals surface area (Å²) in [4.78, 5) is 0. The molecule has 4 heteroatoms. The van der Waals surface area contributed by atoms with Gasteiger partial charge in [0.25, 0.3) is 0 Å². The van der Waals surface area contributed by atoms with Gasteiger partial charge in [-0.05, 0) is 30.5 Å². The van der Waals surface area contributed by atoms with Crippen molar-refractivity contribution < 1.29 is 4.21 Å². The van der Waals surface area contributed by atoms with Gasteiger partial charge in [-0.25, -0.2) is 4.21 Å². The van der Waals surface area contributed by atoms with Crippen LogP contribution >= 0.6 is 0 Å². The van der Waals surface area contributed by atoms with E-state index in [4.69, 9.17) is 5.73 Å². The standard InChI is InChI=1S/C10H14N2OS/c1-14(13)12-7-3-4-8-9(11)5-2-6-10(8)12/h2,5-6H,3-4,7,11H2,1H3. The Labute approximate surface area is 86.5 Å². The highest BCUT2D eigenvalue weighted by molar-refractivity contribution is 7.85. The van der Waals surface area contributed by atoms with E-state index in [9.17, 15) is 4.21 Å². The minimum atomic E-state index is -0.944. The van der Waals surface area contributed by atoms with E-state index >= 15 is 0 Å². The smallest absolute Gasteiger partial charge is 0.116 e. The molecule has 1 aromatic carbocycles. The van der Waals surface area contributed by atoms with Crippen LogP contribution in [0.1, 0.15) is 12.0 Å². The molecule has 0 radical (unpaired) electrons. The molecule has 1 aliphatic rings. The molecule has 1 aromatic rings. The van der Waals surface area contributed by atoms with Crippen LogP contribution in [0.2, 0.25) is 0 Å². The first-order valence-corrected chi connectivity index (χ1v) is 6.20. The third-order valence-electron chi connectivity index (χ3n) is 2.55. The molecule has 2 N–H and O–H groups in total. The second kappa shape index (κ2) is 3.61. The molecule has 0 saturated heterocycles. The van der Waals surface area contributed by atoms with Gasteiger partial charge in [0.15, 0.2) is 0 Å². The zero-order valence-electron chi connectivity index (χ0n) is 8.19. The van der Waals surface area contributed by atoms with Crippen molar-refractivity contribution in [2.45, 2.75) is 12.8 Å². The summed E-state index contributed by atoms with van der Waals surface area (Å²) in [6.45, 7) is 0.861. The Hall–Kier alpha value is -1.03. The molecular weight excluding hydrogens is 196 g/mol. The summed E-state index contributed by atoms with van der Waals surface area (Å²) in [5.74, 6) is 0. The maximum absolute atomic E-state index is 11.5. The van der Waals surface area contributed by atoms with E-state index < -0.39 is 11.0 Å². The normalized spacial score (nSPS) is 17.6. The van der Waals surface area contributed by atoms with E-state index in [-0.39, 0.29) is 0 Å². The van der Waals surface area contributed by atoms with Crippen molar-refractivity contribution in [1.82, 2.24) is 0 Å². The van der Waals surface area contributed by atoms with Crippen molar-refractivity contribution >= 4 is 22.4 Å². The largest absolute Gasteiger partial charge is 0.398 e. The molecule has 1 aliphatic heterocycles. The van der Waals surface area contributed by atoms with E-state index in [0.717, 1.165) is 36.3 Å². The number of rotatable bonds is 1. The molecule has 3 nitrogen and oxygen atoms in total. The fraction of sp³-hybridized carbons (Fsp3) is 0.400. The number of hydrogen-bond acceptors (Lipinski definition) is 2. The highest BCUT2D eigenvalue weighted by Gasteiger charge is 2.20. The molecule has 0 aliphatic carbocycles. The molecule has 76 valence electrons. The molecule has 0 bridgehead atoms. The number of hydrogen-bond donors (Lipinski definition) is 1. The van der Waals surface area contributed by atoms with Gasteiger partial charge in [0.05, 0.1) is 5.69 Å². The van der Waals surface area contributed by atoms with Crippen molar-refractivity contribution in [2.24, 2.45) is 0 Å². The summed E-state index contributed by atoms with van der Waals surface area (Å²) in [5, 5.41) is 0. The quantitative estimate of drug-likeness (QED) is 0.710. The molecule has 1 atom stereocenters. The first kappa shape index (κ1) is 9.52. The van der Waals surface area contributed by atoms with Crippen molar-refractivity contribution in [3.8, 4) is 0 Å². The Morgan fingerprint density at radius 1 is 1.50 bits per heavy atom. The molecule has 0 amide bonds. The molecule has 2 rings (SSSR count). The van der Waals surface area contributed by atoms with E-state index in [0.29, 0.717) is 0 Å². The Balaban J connectivity index is 2.49. The van der Waals surface area contributed by atoms with Gasteiger partial charge in [-0.1, -0.05) is 6.07 Å². The van der Waals surface area contributed by atoms with Crippen LogP contribution in [-0.4, -0.2) is 17.0 Å². The lowest BCUT2D eigenvalue weighted by Crippen LogP contribution is -2.30. The summed E-state index contributed by atoms with van der Waals surface area (Å²) < 4.78 is 13.4. The summed E-state index contributed by atoms with van der Waals surface area (Å²) >= 11 is 0. The number of nitrogens with two attached hydrogens (primary N) is 1. The zero-order chi connectivity index (χ0) is 10.1. The SMILES string of the molecule is CS(=O)N1CCCc2c(N)cccc21. The average Bonchev–Trinajstić information content (AvgIpc) is 2.17. The first-order valence-electron chi connectivity index (χ1n) is 4.68. The van der Waals surface area contributed by atoms with Gasteiger partial charge in [0, 0.05) is 18.5 Å². The van der Waals surface area contributed by atoms with Crippen LogP contribution in [0, 0.1) is 0 Å². The fourth-order valence-corrected chi connectivity index (χ4v) is 2.72. The monoisotopic (exact) mass is 210 g/mol. The van der Waals surface area contributed by atoms with E-state index in [1.54, 1.807) is 6.26 Å².